The number of hydrogen-bond acceptors (Lipinski definition) is 4. The van der Waals surface area contributed by atoms with Crippen molar-refractivity contribution < 1.29 is 9.59 Å². The van der Waals surface area contributed by atoms with Crippen LogP contribution in [0.15, 0.2) is 11.6 Å². The summed E-state index contributed by atoms with van der Waals surface area (Å²) in [5, 5.41) is 7.04. The number of carbonyl (C=O) groups is 2. The third kappa shape index (κ3) is 3.12. The molecule has 0 aromatic heterocycles. The van der Waals surface area contributed by atoms with E-state index in [2.05, 4.69) is 10.6 Å². The average Bonchev–Trinajstić information content (AvgIpc) is 2.80. The van der Waals surface area contributed by atoms with E-state index in [0.29, 0.717) is 0 Å². The summed E-state index contributed by atoms with van der Waals surface area (Å²) in [6.07, 6.45) is 14.5. The molecule has 0 spiro atoms. The minimum atomic E-state index is -0.177. The first-order valence-corrected chi connectivity index (χ1v) is 14.1. The van der Waals surface area contributed by atoms with E-state index in [1.807, 2.05) is 23.9 Å². The van der Waals surface area contributed by atoms with Gasteiger partial charge in [-0.15, -0.1) is 0 Å². The second-order valence-electron chi connectivity index (χ2n) is 13.7. The van der Waals surface area contributed by atoms with Gasteiger partial charge < -0.3 is 10.6 Å². The number of carbonyl (C=O) groups excluding carboxylic acids is 2. The minimum Gasteiger partial charge on any atom is -0.367 e. The van der Waals surface area contributed by atoms with Crippen molar-refractivity contribution in [3.63, 3.8) is 0 Å². The maximum absolute atomic E-state index is 14.1. The maximum Gasteiger partial charge on any atom is 0.234 e. The Morgan fingerprint density at radius 1 is 0.588 bits per heavy atom. The highest BCUT2D eigenvalue weighted by atomic mass is 16.2. The van der Waals surface area contributed by atoms with E-state index in [9.17, 15) is 9.59 Å². The Labute approximate surface area is 204 Å². The number of nitrogens with zero attached hydrogens (tertiary/aromatic N) is 2. The van der Waals surface area contributed by atoms with E-state index in [0.717, 1.165) is 98.8 Å². The molecule has 0 aromatic carbocycles. The van der Waals surface area contributed by atoms with Crippen LogP contribution in [0.4, 0.5) is 0 Å². The highest BCUT2D eigenvalue weighted by Crippen LogP contribution is 2.62. The van der Waals surface area contributed by atoms with E-state index in [1.54, 1.807) is 0 Å². The Bertz CT molecular complexity index is 794. The van der Waals surface area contributed by atoms with Crippen molar-refractivity contribution in [2.75, 3.05) is 27.2 Å². The van der Waals surface area contributed by atoms with Gasteiger partial charge in [0, 0.05) is 27.2 Å². The summed E-state index contributed by atoms with van der Waals surface area (Å²) in [6, 6.07) is 0. The van der Waals surface area contributed by atoms with Crippen LogP contribution in [-0.2, 0) is 9.59 Å². The van der Waals surface area contributed by atoms with Gasteiger partial charge in [0.15, 0.2) is 0 Å². The first-order valence-electron chi connectivity index (χ1n) is 14.1. The summed E-state index contributed by atoms with van der Waals surface area (Å²) >= 11 is 0. The molecule has 1 heterocycles. The molecular formula is C28H42N4O2. The van der Waals surface area contributed by atoms with E-state index in [-0.39, 0.29) is 22.6 Å². The molecule has 1 aliphatic heterocycles. The molecule has 6 nitrogen and oxygen atoms in total. The van der Waals surface area contributed by atoms with Crippen molar-refractivity contribution in [3.05, 3.63) is 11.6 Å². The lowest BCUT2D eigenvalue weighted by molar-refractivity contribution is -0.157. The van der Waals surface area contributed by atoms with Crippen molar-refractivity contribution in [3.8, 4) is 0 Å². The van der Waals surface area contributed by atoms with Gasteiger partial charge in [-0.1, -0.05) is 0 Å². The maximum atomic E-state index is 14.1. The van der Waals surface area contributed by atoms with Gasteiger partial charge in [-0.2, -0.15) is 0 Å². The quantitative estimate of drug-likeness (QED) is 0.664. The molecular weight excluding hydrogens is 424 g/mol. The zero-order chi connectivity index (χ0) is 23.2. The fourth-order valence-corrected chi connectivity index (χ4v) is 10.7. The number of hydrogen-bond donors (Lipinski definition) is 2. The molecule has 9 rings (SSSR count). The van der Waals surface area contributed by atoms with E-state index in [4.69, 9.17) is 0 Å². The van der Waals surface area contributed by atoms with Gasteiger partial charge in [0.2, 0.25) is 11.8 Å². The minimum absolute atomic E-state index is 0.177. The number of nitrogens with one attached hydrogen (secondary N) is 2. The molecule has 0 radical (unpaired) electrons. The Kier molecular flexibility index (Phi) is 4.69. The van der Waals surface area contributed by atoms with Crippen LogP contribution in [0.2, 0.25) is 0 Å². The van der Waals surface area contributed by atoms with Gasteiger partial charge in [-0.05, 0) is 113 Å². The SMILES string of the molecule is CN(C(=O)C12CC3CC(CC(C3)C1)C2)C1=C(N(C)C(=O)C23CC4CC(CC(C4)C2)C3)NCCN1. The highest BCUT2D eigenvalue weighted by molar-refractivity contribution is 5.86. The largest absolute Gasteiger partial charge is 0.367 e. The van der Waals surface area contributed by atoms with Gasteiger partial charge in [-0.25, -0.2) is 0 Å². The fraction of sp³-hybridized carbons (Fsp3) is 0.857. The van der Waals surface area contributed by atoms with Gasteiger partial charge in [0.25, 0.3) is 0 Å². The monoisotopic (exact) mass is 466 g/mol. The Hall–Kier alpha value is -1.72. The zero-order valence-corrected chi connectivity index (χ0v) is 21.1. The predicted molar refractivity (Wildman–Crippen MR) is 130 cm³/mol. The van der Waals surface area contributed by atoms with Crippen molar-refractivity contribution >= 4 is 11.8 Å². The molecule has 0 aromatic rings. The molecule has 0 atom stereocenters. The molecule has 8 saturated carbocycles. The molecule has 0 saturated heterocycles. The lowest BCUT2D eigenvalue weighted by Crippen LogP contribution is -2.58. The summed E-state index contributed by atoms with van der Waals surface area (Å²) in [5.41, 5.74) is -0.355. The van der Waals surface area contributed by atoms with Crippen LogP contribution in [0.25, 0.3) is 0 Å². The molecule has 8 fully saturated rings. The Balaban J connectivity index is 1.16. The van der Waals surface area contributed by atoms with Gasteiger partial charge in [-0.3, -0.25) is 19.4 Å². The molecule has 186 valence electrons. The third-order valence-electron chi connectivity index (χ3n) is 11.2. The molecule has 0 unspecified atom stereocenters. The fourth-order valence-electron chi connectivity index (χ4n) is 10.7. The van der Waals surface area contributed by atoms with Crippen molar-refractivity contribution in [1.82, 2.24) is 20.4 Å². The normalized spacial score (nSPS) is 45.7. The smallest absolute Gasteiger partial charge is 0.234 e. The van der Waals surface area contributed by atoms with Crippen LogP contribution in [0.3, 0.4) is 0 Å². The molecule has 2 amide bonds. The summed E-state index contributed by atoms with van der Waals surface area (Å²) in [7, 11) is 3.89. The average molecular weight is 467 g/mol. The zero-order valence-electron chi connectivity index (χ0n) is 21.1. The number of amides is 2. The summed E-state index contributed by atoms with van der Waals surface area (Å²) < 4.78 is 0. The van der Waals surface area contributed by atoms with E-state index < -0.39 is 0 Å². The first-order chi connectivity index (χ1) is 16.3. The first kappa shape index (κ1) is 21.6. The van der Waals surface area contributed by atoms with Crippen molar-refractivity contribution in [2.45, 2.75) is 77.0 Å². The van der Waals surface area contributed by atoms with Crippen molar-refractivity contribution in [1.29, 1.82) is 0 Å². The van der Waals surface area contributed by atoms with Crippen molar-refractivity contribution in [2.24, 2.45) is 46.3 Å². The molecule has 34 heavy (non-hydrogen) atoms. The Morgan fingerprint density at radius 2 is 0.853 bits per heavy atom. The van der Waals surface area contributed by atoms with Gasteiger partial charge in [0.05, 0.1) is 10.8 Å². The molecule has 9 aliphatic rings. The van der Waals surface area contributed by atoms with Crippen LogP contribution in [0.1, 0.15) is 77.0 Å². The summed E-state index contributed by atoms with van der Waals surface area (Å²) in [5.74, 6) is 6.66. The van der Waals surface area contributed by atoms with Crippen LogP contribution < -0.4 is 10.6 Å². The topological polar surface area (TPSA) is 64.7 Å². The second kappa shape index (κ2) is 7.39. The molecule has 6 heteroatoms. The lowest BCUT2D eigenvalue weighted by atomic mass is 9.49. The van der Waals surface area contributed by atoms with Crippen LogP contribution in [-0.4, -0.2) is 48.8 Å². The molecule has 8 aliphatic carbocycles. The highest BCUT2D eigenvalue weighted by Gasteiger charge is 2.57. The van der Waals surface area contributed by atoms with Crippen LogP contribution in [0, 0.1) is 46.3 Å². The van der Waals surface area contributed by atoms with E-state index in [1.165, 1.54) is 38.5 Å². The Morgan fingerprint density at radius 3 is 1.12 bits per heavy atom. The van der Waals surface area contributed by atoms with Crippen LogP contribution >= 0.6 is 0 Å². The van der Waals surface area contributed by atoms with E-state index >= 15 is 0 Å². The third-order valence-corrected chi connectivity index (χ3v) is 11.2. The predicted octanol–water partition coefficient (Wildman–Crippen LogP) is 3.66. The summed E-state index contributed by atoms with van der Waals surface area (Å²) in [4.78, 5) is 31.9. The standard InChI is InChI=1S/C28H42N4O2/c1-31(25(33)27-11-17-5-18(12-27)7-19(6-17)13-27)23-24(30-4-3-29-23)32(2)26(34)28-14-20-8-21(15-28)10-22(9-20)16-28/h17-22,29-30H,3-16H2,1-2H3. The second-order valence-corrected chi connectivity index (χ2v) is 13.7. The number of rotatable bonds is 4. The van der Waals surface area contributed by atoms with Crippen LogP contribution in [0.5, 0.6) is 0 Å². The molecule has 2 N–H and O–H groups in total. The molecule has 8 bridgehead atoms. The lowest BCUT2D eigenvalue weighted by Gasteiger charge is -2.57. The van der Waals surface area contributed by atoms with Gasteiger partial charge >= 0.3 is 0 Å². The van der Waals surface area contributed by atoms with Gasteiger partial charge in [0.1, 0.15) is 11.6 Å². The summed E-state index contributed by atoms with van der Waals surface area (Å²) in [6.45, 7) is 1.55.